The molecule has 3 rings (SSSR count). The van der Waals surface area contributed by atoms with Gasteiger partial charge in [-0.1, -0.05) is 12.1 Å². The fraction of sp³-hybridized carbons (Fsp3) is 0.222. The highest BCUT2D eigenvalue weighted by Crippen LogP contribution is 2.24. The van der Waals surface area contributed by atoms with Gasteiger partial charge in [0.1, 0.15) is 24.4 Å². The Morgan fingerprint density at radius 3 is 2.85 bits per heavy atom. The van der Waals surface area contributed by atoms with Crippen LogP contribution in [0.15, 0.2) is 48.8 Å². The van der Waals surface area contributed by atoms with E-state index < -0.39 is 4.92 Å². The Morgan fingerprint density at radius 1 is 1.26 bits per heavy atom. The van der Waals surface area contributed by atoms with E-state index in [0.29, 0.717) is 35.7 Å². The van der Waals surface area contributed by atoms with Gasteiger partial charge in [-0.3, -0.25) is 14.9 Å². The minimum atomic E-state index is -0.487. The van der Waals surface area contributed by atoms with Crippen LogP contribution in [-0.4, -0.2) is 40.7 Å². The van der Waals surface area contributed by atoms with E-state index in [2.05, 4.69) is 10.3 Å². The van der Waals surface area contributed by atoms with Gasteiger partial charge in [-0.15, -0.1) is 0 Å². The third-order valence-corrected chi connectivity index (χ3v) is 3.80. The highest BCUT2D eigenvalue weighted by Gasteiger charge is 2.18. The SMILES string of the molecule is COCCOc1cccc(NC(=O)Cn2cnc3cccc([N+](=O)[O-])c32)c1. The Balaban J connectivity index is 1.72. The zero-order chi connectivity index (χ0) is 19.2. The first-order valence-corrected chi connectivity index (χ1v) is 8.18. The summed E-state index contributed by atoms with van der Waals surface area (Å²) in [7, 11) is 1.59. The van der Waals surface area contributed by atoms with Crippen LogP contribution in [0.2, 0.25) is 0 Å². The molecule has 1 aromatic heterocycles. The van der Waals surface area contributed by atoms with E-state index in [1.807, 2.05) is 0 Å². The molecular weight excluding hydrogens is 352 g/mol. The number of anilines is 1. The van der Waals surface area contributed by atoms with Gasteiger partial charge in [0, 0.05) is 24.9 Å². The third-order valence-electron chi connectivity index (χ3n) is 3.80. The van der Waals surface area contributed by atoms with E-state index in [-0.39, 0.29) is 18.1 Å². The number of nitrogens with zero attached hydrogens (tertiary/aromatic N) is 3. The summed E-state index contributed by atoms with van der Waals surface area (Å²) >= 11 is 0. The molecule has 1 amide bonds. The van der Waals surface area contributed by atoms with Gasteiger partial charge in [-0.25, -0.2) is 4.98 Å². The van der Waals surface area contributed by atoms with Crippen LogP contribution in [0.4, 0.5) is 11.4 Å². The standard InChI is InChI=1S/C18H18N4O5/c1-26-8-9-27-14-5-2-4-13(10-14)20-17(23)11-21-12-19-15-6-3-7-16(18(15)21)22(24)25/h2-7,10,12H,8-9,11H2,1H3,(H,20,23). The Labute approximate surface area is 154 Å². The van der Waals surface area contributed by atoms with Crippen LogP contribution in [0.1, 0.15) is 0 Å². The number of carbonyl (C=O) groups is 1. The second kappa shape index (κ2) is 8.28. The average molecular weight is 370 g/mol. The lowest BCUT2D eigenvalue weighted by atomic mass is 10.2. The summed E-state index contributed by atoms with van der Waals surface area (Å²) in [6.07, 6.45) is 1.42. The van der Waals surface area contributed by atoms with Crippen LogP contribution >= 0.6 is 0 Å². The zero-order valence-corrected chi connectivity index (χ0v) is 14.6. The summed E-state index contributed by atoms with van der Waals surface area (Å²) in [5, 5.41) is 14.0. The molecule has 0 saturated heterocycles. The number of benzene rings is 2. The van der Waals surface area contributed by atoms with Crippen LogP contribution in [0.3, 0.4) is 0 Å². The molecule has 0 spiro atoms. The van der Waals surface area contributed by atoms with Crippen LogP contribution in [0, 0.1) is 10.1 Å². The molecule has 9 heteroatoms. The van der Waals surface area contributed by atoms with Gasteiger partial charge in [-0.05, 0) is 18.2 Å². The Hall–Kier alpha value is -3.46. The van der Waals surface area contributed by atoms with Crippen LogP contribution < -0.4 is 10.1 Å². The molecule has 0 saturated carbocycles. The van der Waals surface area contributed by atoms with Crippen molar-refractivity contribution in [3.63, 3.8) is 0 Å². The van der Waals surface area contributed by atoms with E-state index in [1.54, 1.807) is 43.5 Å². The van der Waals surface area contributed by atoms with E-state index in [4.69, 9.17) is 9.47 Å². The van der Waals surface area contributed by atoms with Crippen molar-refractivity contribution in [2.45, 2.75) is 6.54 Å². The number of non-ortho nitro benzene ring substituents is 1. The fourth-order valence-electron chi connectivity index (χ4n) is 2.64. The van der Waals surface area contributed by atoms with Gasteiger partial charge in [0.25, 0.3) is 5.69 Å². The minimum Gasteiger partial charge on any atom is -0.491 e. The van der Waals surface area contributed by atoms with Crippen molar-refractivity contribution in [2.75, 3.05) is 25.6 Å². The average Bonchev–Trinajstić information content (AvgIpc) is 3.05. The molecule has 2 aromatic carbocycles. The van der Waals surface area contributed by atoms with Crippen molar-refractivity contribution in [1.82, 2.24) is 9.55 Å². The zero-order valence-electron chi connectivity index (χ0n) is 14.6. The molecule has 0 aliphatic carbocycles. The van der Waals surface area contributed by atoms with Crippen molar-refractivity contribution in [3.05, 3.63) is 58.9 Å². The van der Waals surface area contributed by atoms with Crippen molar-refractivity contribution in [2.24, 2.45) is 0 Å². The molecule has 0 aliphatic rings. The normalized spacial score (nSPS) is 10.7. The Morgan fingerprint density at radius 2 is 2.07 bits per heavy atom. The first-order chi connectivity index (χ1) is 13.1. The molecule has 0 atom stereocenters. The number of ether oxygens (including phenoxy) is 2. The number of aromatic nitrogens is 2. The molecule has 0 bridgehead atoms. The smallest absolute Gasteiger partial charge is 0.295 e. The summed E-state index contributed by atoms with van der Waals surface area (Å²) < 4.78 is 11.9. The predicted octanol–water partition coefficient (Wildman–Crippen LogP) is 2.61. The van der Waals surface area contributed by atoms with Gasteiger partial charge in [-0.2, -0.15) is 0 Å². The maximum Gasteiger partial charge on any atom is 0.295 e. The highest BCUT2D eigenvalue weighted by atomic mass is 16.6. The van der Waals surface area contributed by atoms with Crippen LogP contribution in [0.25, 0.3) is 11.0 Å². The van der Waals surface area contributed by atoms with Gasteiger partial charge >= 0.3 is 0 Å². The monoisotopic (exact) mass is 370 g/mol. The first kappa shape index (κ1) is 18.3. The van der Waals surface area contributed by atoms with Crippen molar-refractivity contribution in [1.29, 1.82) is 0 Å². The maximum absolute atomic E-state index is 12.4. The molecule has 9 nitrogen and oxygen atoms in total. The number of nitro benzene ring substituents is 1. The number of carbonyl (C=O) groups excluding carboxylic acids is 1. The molecule has 140 valence electrons. The number of para-hydroxylation sites is 1. The summed E-state index contributed by atoms with van der Waals surface area (Å²) in [5.41, 5.74) is 1.25. The molecule has 3 aromatic rings. The fourth-order valence-corrected chi connectivity index (χ4v) is 2.64. The minimum absolute atomic E-state index is 0.0914. The van der Waals surface area contributed by atoms with Crippen molar-refractivity contribution < 1.29 is 19.2 Å². The lowest BCUT2D eigenvalue weighted by Gasteiger charge is -2.09. The molecule has 0 unspecified atom stereocenters. The number of fused-ring (bicyclic) bond motifs is 1. The molecule has 27 heavy (non-hydrogen) atoms. The highest BCUT2D eigenvalue weighted by molar-refractivity contribution is 5.93. The van der Waals surface area contributed by atoms with E-state index >= 15 is 0 Å². The number of nitro groups is 1. The van der Waals surface area contributed by atoms with Crippen LogP contribution in [0.5, 0.6) is 5.75 Å². The maximum atomic E-state index is 12.4. The van der Waals surface area contributed by atoms with Crippen molar-refractivity contribution >= 4 is 28.3 Å². The second-order valence-electron chi connectivity index (χ2n) is 5.69. The number of nitrogens with one attached hydrogen (secondary N) is 1. The Kier molecular flexibility index (Phi) is 5.62. The number of hydrogen-bond donors (Lipinski definition) is 1. The number of imidazole rings is 1. The molecule has 0 aliphatic heterocycles. The summed E-state index contributed by atoms with van der Waals surface area (Å²) in [6, 6.07) is 11.6. The lowest BCUT2D eigenvalue weighted by Crippen LogP contribution is -2.18. The number of rotatable bonds is 8. The summed E-state index contributed by atoms with van der Waals surface area (Å²) in [4.78, 5) is 27.3. The third kappa shape index (κ3) is 4.39. The van der Waals surface area contributed by atoms with Gasteiger partial charge in [0.2, 0.25) is 5.91 Å². The van der Waals surface area contributed by atoms with Gasteiger partial charge in [0.05, 0.1) is 23.4 Å². The Bertz CT molecular complexity index is 969. The summed E-state index contributed by atoms with van der Waals surface area (Å²) in [6.45, 7) is 0.762. The predicted molar refractivity (Wildman–Crippen MR) is 98.8 cm³/mol. The van der Waals surface area contributed by atoms with E-state index in [0.717, 1.165) is 0 Å². The largest absolute Gasteiger partial charge is 0.491 e. The lowest BCUT2D eigenvalue weighted by molar-refractivity contribution is -0.383. The van der Waals surface area contributed by atoms with Crippen LogP contribution in [-0.2, 0) is 16.1 Å². The quantitative estimate of drug-likeness (QED) is 0.371. The first-order valence-electron chi connectivity index (χ1n) is 8.18. The van der Waals surface area contributed by atoms with Gasteiger partial charge < -0.3 is 19.4 Å². The molecule has 1 heterocycles. The molecular formula is C18H18N4O5. The number of amides is 1. The van der Waals surface area contributed by atoms with E-state index in [1.165, 1.54) is 17.0 Å². The molecule has 0 fully saturated rings. The van der Waals surface area contributed by atoms with Crippen molar-refractivity contribution in [3.8, 4) is 5.75 Å². The topological polar surface area (TPSA) is 109 Å². The van der Waals surface area contributed by atoms with E-state index in [9.17, 15) is 14.9 Å². The molecule has 1 N–H and O–H groups in total. The summed E-state index contributed by atoms with van der Waals surface area (Å²) in [5.74, 6) is 0.273. The van der Waals surface area contributed by atoms with Gasteiger partial charge in [0.15, 0.2) is 0 Å². The number of methoxy groups -OCH3 is 1. The number of hydrogen-bond acceptors (Lipinski definition) is 6. The second-order valence-corrected chi connectivity index (χ2v) is 5.69. The molecule has 0 radical (unpaired) electrons.